The highest BCUT2D eigenvalue weighted by molar-refractivity contribution is 6.35. The molecule has 28 heavy (non-hydrogen) atoms. The second-order valence-corrected chi connectivity index (χ2v) is 5.92. The lowest BCUT2D eigenvalue weighted by Crippen LogP contribution is -2.37. The van der Waals surface area contributed by atoms with Crippen LogP contribution in [0.15, 0.2) is 47.6 Å². The first-order valence-corrected chi connectivity index (χ1v) is 8.62. The van der Waals surface area contributed by atoms with E-state index < -0.39 is 17.8 Å². The highest BCUT2D eigenvalue weighted by atomic mass is 35.5. The van der Waals surface area contributed by atoms with Crippen molar-refractivity contribution >= 4 is 35.6 Å². The summed E-state index contributed by atoms with van der Waals surface area (Å²) in [7, 11) is 0. The zero-order valence-electron chi connectivity index (χ0n) is 14.9. The molecule has 2 aromatic rings. The molecule has 0 aliphatic heterocycles. The fourth-order valence-electron chi connectivity index (χ4n) is 2.14. The number of carboxylic acids is 1. The van der Waals surface area contributed by atoms with Crippen LogP contribution in [0, 0.1) is 0 Å². The van der Waals surface area contributed by atoms with E-state index in [1.807, 2.05) is 0 Å². The van der Waals surface area contributed by atoms with Gasteiger partial charge in [0, 0.05) is 17.1 Å². The summed E-state index contributed by atoms with van der Waals surface area (Å²) in [4.78, 5) is 34.6. The monoisotopic (exact) mass is 402 g/mol. The Morgan fingerprint density at radius 3 is 2.50 bits per heavy atom. The molecule has 0 aliphatic rings. The van der Waals surface area contributed by atoms with E-state index in [9.17, 15) is 19.5 Å². The number of ether oxygens (including phenoxy) is 1. The van der Waals surface area contributed by atoms with Crippen LogP contribution in [0.3, 0.4) is 0 Å². The van der Waals surface area contributed by atoms with Crippen molar-refractivity contribution in [3.8, 4) is 5.75 Å². The normalized spacial score (nSPS) is 10.5. The summed E-state index contributed by atoms with van der Waals surface area (Å²) >= 11 is 5.78. The van der Waals surface area contributed by atoms with Gasteiger partial charge in [-0.2, -0.15) is 5.10 Å². The van der Waals surface area contributed by atoms with Crippen LogP contribution in [0.4, 0.5) is 0 Å². The van der Waals surface area contributed by atoms with Crippen LogP contribution in [-0.2, 0) is 16.1 Å². The first kappa shape index (κ1) is 20.9. The van der Waals surface area contributed by atoms with Gasteiger partial charge in [0.05, 0.1) is 18.8 Å². The molecule has 8 nitrogen and oxygen atoms in total. The SMILES string of the molecule is CCOc1ccc(C(=O)[O-])cc1/C=N\NC(=O)C(=O)NCc1ccc(Cl)cc1. The molecule has 0 spiro atoms. The Labute approximate surface area is 166 Å². The first-order valence-electron chi connectivity index (χ1n) is 8.24. The van der Waals surface area contributed by atoms with Gasteiger partial charge in [0.1, 0.15) is 5.75 Å². The van der Waals surface area contributed by atoms with Gasteiger partial charge in [0.15, 0.2) is 0 Å². The summed E-state index contributed by atoms with van der Waals surface area (Å²) in [5.74, 6) is -2.83. The van der Waals surface area contributed by atoms with Crippen LogP contribution in [-0.4, -0.2) is 30.6 Å². The topological polar surface area (TPSA) is 120 Å². The largest absolute Gasteiger partial charge is 0.545 e. The molecule has 146 valence electrons. The van der Waals surface area contributed by atoms with Crippen LogP contribution in [0.2, 0.25) is 5.02 Å². The third kappa shape index (κ3) is 6.10. The van der Waals surface area contributed by atoms with Gasteiger partial charge in [-0.3, -0.25) is 9.59 Å². The third-order valence-electron chi connectivity index (χ3n) is 3.49. The smallest absolute Gasteiger partial charge is 0.329 e. The maximum Gasteiger partial charge on any atom is 0.329 e. The lowest BCUT2D eigenvalue weighted by molar-refractivity contribution is -0.255. The van der Waals surface area contributed by atoms with Crippen molar-refractivity contribution in [1.29, 1.82) is 0 Å². The van der Waals surface area contributed by atoms with Crippen LogP contribution in [0.1, 0.15) is 28.4 Å². The van der Waals surface area contributed by atoms with Gasteiger partial charge in [-0.25, -0.2) is 5.43 Å². The number of benzene rings is 2. The van der Waals surface area contributed by atoms with Crippen molar-refractivity contribution in [2.75, 3.05) is 6.61 Å². The Morgan fingerprint density at radius 2 is 1.86 bits per heavy atom. The summed E-state index contributed by atoms with van der Waals surface area (Å²) < 4.78 is 5.37. The van der Waals surface area contributed by atoms with E-state index in [-0.39, 0.29) is 12.1 Å². The van der Waals surface area contributed by atoms with Crippen molar-refractivity contribution in [1.82, 2.24) is 10.7 Å². The van der Waals surface area contributed by atoms with Crippen molar-refractivity contribution in [3.63, 3.8) is 0 Å². The summed E-state index contributed by atoms with van der Waals surface area (Å²) in [6, 6.07) is 10.9. The second-order valence-electron chi connectivity index (χ2n) is 5.48. The number of halogens is 1. The zero-order chi connectivity index (χ0) is 20.5. The molecule has 0 saturated heterocycles. The number of hydrazone groups is 1. The van der Waals surface area contributed by atoms with Crippen LogP contribution in [0.5, 0.6) is 5.75 Å². The Balaban J connectivity index is 1.96. The minimum absolute atomic E-state index is 0.0723. The van der Waals surface area contributed by atoms with Crippen molar-refractivity contribution in [2.45, 2.75) is 13.5 Å². The predicted octanol–water partition coefficient (Wildman–Crippen LogP) is 0.869. The molecule has 9 heteroatoms. The van der Waals surface area contributed by atoms with E-state index in [2.05, 4.69) is 15.8 Å². The molecule has 0 aromatic heterocycles. The van der Waals surface area contributed by atoms with E-state index in [4.69, 9.17) is 16.3 Å². The van der Waals surface area contributed by atoms with Crippen molar-refractivity contribution < 1.29 is 24.2 Å². The molecule has 0 radical (unpaired) electrons. The Hall–Kier alpha value is -3.39. The number of aromatic carboxylic acids is 1. The number of rotatable bonds is 7. The van der Waals surface area contributed by atoms with Gasteiger partial charge < -0.3 is 20.0 Å². The molecule has 0 bridgehead atoms. The van der Waals surface area contributed by atoms with E-state index in [1.165, 1.54) is 24.4 Å². The molecule has 0 aliphatic carbocycles. The standard InChI is InChI=1S/C19H18ClN3O5/c1-2-28-16-8-5-13(19(26)27)9-14(16)11-22-23-18(25)17(24)21-10-12-3-6-15(20)7-4-12/h3-9,11H,2,10H2,1H3,(H,21,24)(H,23,25)(H,26,27)/p-1/b22-11-. The molecule has 2 rings (SSSR count). The quantitative estimate of drug-likeness (QED) is 0.404. The minimum atomic E-state index is -1.36. The van der Waals surface area contributed by atoms with Crippen LogP contribution in [0.25, 0.3) is 0 Å². The van der Waals surface area contributed by atoms with Crippen LogP contribution < -0.4 is 20.6 Å². The number of nitrogens with zero attached hydrogens (tertiary/aromatic N) is 1. The minimum Gasteiger partial charge on any atom is -0.545 e. The number of nitrogens with one attached hydrogen (secondary N) is 2. The molecule has 0 saturated carbocycles. The lowest BCUT2D eigenvalue weighted by atomic mass is 10.1. The third-order valence-corrected chi connectivity index (χ3v) is 3.74. The maximum absolute atomic E-state index is 11.8. The average molecular weight is 403 g/mol. The van der Waals surface area contributed by atoms with Gasteiger partial charge >= 0.3 is 11.8 Å². The summed E-state index contributed by atoms with van der Waals surface area (Å²) in [5.41, 5.74) is 3.08. The number of amides is 2. The fraction of sp³-hybridized carbons (Fsp3) is 0.158. The molecule has 0 unspecified atom stereocenters. The average Bonchev–Trinajstić information content (AvgIpc) is 2.68. The number of hydrogen-bond donors (Lipinski definition) is 2. The predicted molar refractivity (Wildman–Crippen MR) is 101 cm³/mol. The van der Waals surface area contributed by atoms with Gasteiger partial charge in [0.25, 0.3) is 0 Å². The van der Waals surface area contributed by atoms with E-state index in [0.717, 1.165) is 5.56 Å². The fourth-order valence-corrected chi connectivity index (χ4v) is 2.27. The molecule has 2 N–H and O–H groups in total. The number of carboxylic acid groups (broad SMARTS) is 1. The number of carbonyl (C=O) groups excluding carboxylic acids is 3. The molecule has 2 amide bonds. The zero-order valence-corrected chi connectivity index (χ0v) is 15.7. The maximum atomic E-state index is 11.8. The van der Waals surface area contributed by atoms with E-state index >= 15 is 0 Å². The van der Waals surface area contributed by atoms with E-state index in [1.54, 1.807) is 31.2 Å². The lowest BCUT2D eigenvalue weighted by Gasteiger charge is -2.09. The molecule has 0 fully saturated rings. The van der Waals surface area contributed by atoms with Crippen molar-refractivity contribution in [2.24, 2.45) is 5.10 Å². The van der Waals surface area contributed by atoms with Gasteiger partial charge in [-0.05, 0) is 48.4 Å². The second kappa shape index (κ2) is 10.1. The molecular formula is C19H17ClN3O5-. The molecule has 0 atom stereocenters. The van der Waals surface area contributed by atoms with Gasteiger partial charge in [-0.15, -0.1) is 0 Å². The Bertz CT molecular complexity index is 897. The molecule has 0 heterocycles. The van der Waals surface area contributed by atoms with Crippen LogP contribution >= 0.6 is 11.6 Å². The first-order chi connectivity index (χ1) is 13.4. The Kier molecular flexibility index (Phi) is 7.53. The highest BCUT2D eigenvalue weighted by Gasteiger charge is 2.12. The summed E-state index contributed by atoms with van der Waals surface area (Å²) in [6.07, 6.45) is 1.18. The number of hydrogen-bond acceptors (Lipinski definition) is 6. The van der Waals surface area contributed by atoms with Gasteiger partial charge in [-0.1, -0.05) is 23.7 Å². The number of carbonyl (C=O) groups is 3. The van der Waals surface area contributed by atoms with Crippen molar-refractivity contribution in [3.05, 3.63) is 64.2 Å². The highest BCUT2D eigenvalue weighted by Crippen LogP contribution is 2.18. The molecular weight excluding hydrogens is 386 g/mol. The Morgan fingerprint density at radius 1 is 1.14 bits per heavy atom. The summed E-state index contributed by atoms with van der Waals surface area (Å²) in [6.45, 7) is 2.26. The molecule has 2 aromatic carbocycles. The van der Waals surface area contributed by atoms with E-state index in [0.29, 0.717) is 22.9 Å². The summed E-state index contributed by atoms with van der Waals surface area (Å²) in [5, 5.41) is 17.7. The van der Waals surface area contributed by atoms with Gasteiger partial charge in [0.2, 0.25) is 0 Å².